The fourth-order valence-electron chi connectivity index (χ4n) is 1.21. The molecule has 0 saturated heterocycles. The van der Waals surface area contributed by atoms with Crippen molar-refractivity contribution in [1.82, 2.24) is 5.32 Å². The van der Waals surface area contributed by atoms with Crippen LogP contribution in [0.25, 0.3) is 0 Å². The highest BCUT2D eigenvalue weighted by Gasteiger charge is 2.08. The van der Waals surface area contributed by atoms with Gasteiger partial charge in [-0.3, -0.25) is 4.79 Å². The number of hydrogen-bond acceptors (Lipinski definition) is 3. The Balaban J connectivity index is 2.48. The zero-order valence-corrected chi connectivity index (χ0v) is 11.6. The number of carbonyl (C=O) groups excluding carboxylic acids is 1. The maximum Gasteiger partial charge on any atom is 0.251 e. The number of carbonyl (C=O) groups is 1. The Kier molecular flexibility index (Phi) is 5.40. The van der Waals surface area contributed by atoms with Gasteiger partial charge >= 0.3 is 0 Å². The highest BCUT2D eigenvalue weighted by Crippen LogP contribution is 2.22. The molecule has 0 saturated carbocycles. The van der Waals surface area contributed by atoms with Crippen molar-refractivity contribution in [3.63, 3.8) is 0 Å². The molecule has 0 aliphatic heterocycles. The molecule has 3 N–H and O–H groups in total. The molecule has 100 valence electrons. The molecule has 0 heterocycles. The zero-order chi connectivity index (χ0) is 13.8. The van der Waals surface area contributed by atoms with E-state index in [4.69, 9.17) is 28.3 Å². The Bertz CT molecular complexity index is 546. The summed E-state index contributed by atoms with van der Waals surface area (Å²) in [5.74, 6) is -0.516. The molecule has 0 bridgehead atoms. The van der Waals surface area contributed by atoms with Gasteiger partial charge in [-0.05, 0) is 24.6 Å². The van der Waals surface area contributed by atoms with Crippen molar-refractivity contribution in [3.05, 3.63) is 33.8 Å². The van der Waals surface area contributed by atoms with Crippen LogP contribution >= 0.6 is 23.2 Å². The van der Waals surface area contributed by atoms with E-state index in [1.54, 1.807) is 0 Å². The van der Waals surface area contributed by atoms with Crippen molar-refractivity contribution in [1.29, 1.82) is 0 Å². The van der Waals surface area contributed by atoms with Crippen molar-refractivity contribution < 1.29 is 13.2 Å². The van der Waals surface area contributed by atoms with E-state index < -0.39 is 10.0 Å². The lowest BCUT2D eigenvalue weighted by Crippen LogP contribution is -2.27. The lowest BCUT2D eigenvalue weighted by molar-refractivity contribution is 0.0953. The van der Waals surface area contributed by atoms with Gasteiger partial charge in [-0.1, -0.05) is 23.2 Å². The highest BCUT2D eigenvalue weighted by molar-refractivity contribution is 7.89. The van der Waals surface area contributed by atoms with E-state index in [9.17, 15) is 13.2 Å². The number of rotatable bonds is 5. The Labute approximate surface area is 115 Å². The molecule has 0 spiro atoms. The third-order valence-electron chi connectivity index (χ3n) is 2.07. The lowest BCUT2D eigenvalue weighted by Gasteiger charge is -2.05. The van der Waals surface area contributed by atoms with Crippen LogP contribution in [0.3, 0.4) is 0 Å². The average molecular weight is 311 g/mol. The second-order valence-electron chi connectivity index (χ2n) is 3.61. The number of primary sulfonamides is 1. The van der Waals surface area contributed by atoms with Gasteiger partial charge < -0.3 is 5.32 Å². The van der Waals surface area contributed by atoms with Crippen molar-refractivity contribution in [2.24, 2.45) is 5.14 Å². The highest BCUT2D eigenvalue weighted by atomic mass is 35.5. The number of nitrogens with one attached hydrogen (secondary N) is 1. The summed E-state index contributed by atoms with van der Waals surface area (Å²) in [6.07, 6.45) is 0.256. The van der Waals surface area contributed by atoms with E-state index in [-0.39, 0.29) is 29.6 Å². The van der Waals surface area contributed by atoms with Gasteiger partial charge in [0.2, 0.25) is 10.0 Å². The molecule has 1 rings (SSSR count). The number of amides is 1. The molecule has 0 aliphatic carbocycles. The first-order valence-electron chi connectivity index (χ1n) is 5.03. The molecule has 0 radical (unpaired) electrons. The smallest absolute Gasteiger partial charge is 0.251 e. The van der Waals surface area contributed by atoms with Crippen LogP contribution in [0.15, 0.2) is 18.2 Å². The summed E-state index contributed by atoms with van der Waals surface area (Å²) in [7, 11) is -3.49. The Hall–Kier alpha value is -0.820. The van der Waals surface area contributed by atoms with Crippen LogP contribution in [-0.4, -0.2) is 26.6 Å². The minimum Gasteiger partial charge on any atom is -0.352 e. The molecular formula is C10H12Cl2N2O3S. The lowest BCUT2D eigenvalue weighted by atomic mass is 10.2. The Morgan fingerprint density at radius 3 is 2.50 bits per heavy atom. The van der Waals surface area contributed by atoms with E-state index in [0.717, 1.165) is 0 Å². The first-order chi connectivity index (χ1) is 8.29. The second kappa shape index (κ2) is 6.38. The quantitative estimate of drug-likeness (QED) is 0.806. The van der Waals surface area contributed by atoms with E-state index in [2.05, 4.69) is 5.32 Å². The normalized spacial score (nSPS) is 11.3. The predicted molar refractivity (Wildman–Crippen MR) is 71.4 cm³/mol. The van der Waals surface area contributed by atoms with Gasteiger partial charge in [-0.2, -0.15) is 0 Å². The number of nitrogens with two attached hydrogens (primary N) is 1. The molecule has 1 amide bonds. The monoisotopic (exact) mass is 310 g/mol. The average Bonchev–Trinajstić information content (AvgIpc) is 2.26. The van der Waals surface area contributed by atoms with Crippen LogP contribution in [0.5, 0.6) is 0 Å². The number of sulfonamides is 1. The third kappa shape index (κ3) is 5.22. The molecule has 1 aromatic carbocycles. The Morgan fingerprint density at radius 1 is 1.28 bits per heavy atom. The van der Waals surface area contributed by atoms with Gasteiger partial charge in [0.05, 0.1) is 15.8 Å². The fraction of sp³-hybridized carbons (Fsp3) is 0.300. The van der Waals surface area contributed by atoms with Crippen LogP contribution in [0.1, 0.15) is 16.8 Å². The van der Waals surface area contributed by atoms with Gasteiger partial charge in [-0.15, -0.1) is 0 Å². The summed E-state index contributed by atoms with van der Waals surface area (Å²) in [5.41, 5.74) is 0.361. The van der Waals surface area contributed by atoms with Gasteiger partial charge in [0.25, 0.3) is 5.91 Å². The first-order valence-corrected chi connectivity index (χ1v) is 7.50. The molecule has 0 aromatic heterocycles. The number of halogens is 2. The molecule has 18 heavy (non-hydrogen) atoms. The predicted octanol–water partition coefficient (Wildman–Crippen LogP) is 1.40. The van der Waals surface area contributed by atoms with Crippen molar-refractivity contribution in [2.75, 3.05) is 12.3 Å². The summed E-state index contributed by atoms with van der Waals surface area (Å²) in [5, 5.41) is 8.03. The van der Waals surface area contributed by atoms with Crippen LogP contribution in [0, 0.1) is 0 Å². The molecular weight excluding hydrogens is 299 g/mol. The summed E-state index contributed by atoms with van der Waals surface area (Å²) in [6.45, 7) is 0.218. The minimum atomic E-state index is -3.49. The topological polar surface area (TPSA) is 89.3 Å². The summed E-state index contributed by atoms with van der Waals surface area (Å²) in [6, 6.07) is 4.49. The van der Waals surface area contributed by atoms with E-state index in [0.29, 0.717) is 10.6 Å². The van der Waals surface area contributed by atoms with Gasteiger partial charge in [-0.25, -0.2) is 13.6 Å². The maximum absolute atomic E-state index is 11.6. The SMILES string of the molecule is NS(=O)(=O)CCCNC(=O)c1ccc(Cl)c(Cl)c1. The van der Waals surface area contributed by atoms with Crippen LogP contribution in [0.2, 0.25) is 10.0 Å². The zero-order valence-electron chi connectivity index (χ0n) is 9.32. The van der Waals surface area contributed by atoms with E-state index in [1.165, 1.54) is 18.2 Å². The van der Waals surface area contributed by atoms with Gasteiger partial charge in [0.1, 0.15) is 0 Å². The van der Waals surface area contributed by atoms with Crippen molar-refractivity contribution >= 4 is 39.1 Å². The van der Waals surface area contributed by atoms with Crippen molar-refractivity contribution in [3.8, 4) is 0 Å². The molecule has 0 aliphatic rings. The van der Waals surface area contributed by atoms with Crippen molar-refractivity contribution in [2.45, 2.75) is 6.42 Å². The standard InChI is InChI=1S/C10H12Cl2N2O3S/c11-8-3-2-7(6-9(8)12)10(15)14-4-1-5-18(13,16)17/h2-3,6H,1,4-5H2,(H,14,15)(H2,13,16,17). The summed E-state index contributed by atoms with van der Waals surface area (Å²) < 4.78 is 21.3. The number of benzene rings is 1. The van der Waals surface area contributed by atoms with Gasteiger partial charge in [0, 0.05) is 12.1 Å². The Morgan fingerprint density at radius 2 is 1.94 bits per heavy atom. The maximum atomic E-state index is 11.6. The summed E-state index contributed by atoms with van der Waals surface area (Å²) in [4.78, 5) is 11.6. The summed E-state index contributed by atoms with van der Waals surface area (Å²) >= 11 is 11.5. The fourth-order valence-corrected chi connectivity index (χ4v) is 2.06. The van der Waals surface area contributed by atoms with E-state index >= 15 is 0 Å². The molecule has 1 aromatic rings. The molecule has 0 atom stereocenters. The molecule has 0 unspecified atom stereocenters. The van der Waals surface area contributed by atoms with E-state index in [1.807, 2.05) is 0 Å². The van der Waals surface area contributed by atoms with Crippen LogP contribution < -0.4 is 10.5 Å². The minimum absolute atomic E-state index is 0.172. The molecule has 5 nitrogen and oxygen atoms in total. The molecule has 8 heteroatoms. The van der Waals surface area contributed by atoms with Gasteiger partial charge in [0.15, 0.2) is 0 Å². The molecule has 0 fully saturated rings. The van der Waals surface area contributed by atoms with Crippen LogP contribution in [-0.2, 0) is 10.0 Å². The largest absolute Gasteiger partial charge is 0.352 e. The first kappa shape index (κ1) is 15.2. The third-order valence-corrected chi connectivity index (χ3v) is 3.67. The second-order valence-corrected chi connectivity index (χ2v) is 6.15. The van der Waals surface area contributed by atoms with Crippen LogP contribution in [0.4, 0.5) is 0 Å². The number of hydrogen-bond donors (Lipinski definition) is 2.